The Hall–Kier alpha value is -2.96. The van der Waals surface area contributed by atoms with E-state index in [9.17, 15) is 0 Å². The van der Waals surface area contributed by atoms with Crippen molar-refractivity contribution in [1.29, 1.82) is 0 Å². The zero-order chi connectivity index (χ0) is 19.9. The van der Waals surface area contributed by atoms with Crippen molar-refractivity contribution in [2.45, 2.75) is 6.61 Å². The van der Waals surface area contributed by atoms with E-state index in [0.717, 1.165) is 37.7 Å². The smallest absolute Gasteiger partial charge is 0.203 e. The molecule has 0 atom stereocenters. The number of thiazole rings is 1. The summed E-state index contributed by atoms with van der Waals surface area (Å²) >= 11 is 4.97. The molecule has 0 fully saturated rings. The molecule has 0 aliphatic carbocycles. The van der Waals surface area contributed by atoms with E-state index in [4.69, 9.17) is 4.74 Å². The van der Waals surface area contributed by atoms with Gasteiger partial charge in [-0.25, -0.2) is 4.98 Å². The maximum atomic E-state index is 5.98. The van der Waals surface area contributed by atoms with Crippen LogP contribution in [0.5, 0.6) is 5.75 Å². The van der Waals surface area contributed by atoms with Gasteiger partial charge in [-0.15, -0.1) is 11.3 Å². The van der Waals surface area contributed by atoms with Crippen molar-refractivity contribution in [3.8, 4) is 17.0 Å². The number of hydrogen-bond donors (Lipinski definition) is 1. The second-order valence-corrected chi connectivity index (χ2v) is 8.00. The number of hydrazone groups is 1. The van der Waals surface area contributed by atoms with Gasteiger partial charge in [0.1, 0.15) is 12.4 Å². The molecule has 0 amide bonds. The fourth-order valence-corrected chi connectivity index (χ4v) is 3.62. The maximum Gasteiger partial charge on any atom is 0.203 e. The molecule has 4 rings (SSSR count). The summed E-state index contributed by atoms with van der Waals surface area (Å²) in [7, 11) is 0. The molecule has 0 saturated heterocycles. The van der Waals surface area contributed by atoms with Crippen molar-refractivity contribution in [1.82, 2.24) is 4.98 Å². The van der Waals surface area contributed by atoms with Crippen LogP contribution in [0.3, 0.4) is 0 Å². The number of benzene rings is 3. The summed E-state index contributed by atoms with van der Waals surface area (Å²) < 4.78 is 7.03. The fraction of sp³-hybridized carbons (Fsp3) is 0.0435. The third-order valence-corrected chi connectivity index (χ3v) is 5.44. The number of ether oxygens (including phenoxy) is 1. The first-order valence-electron chi connectivity index (χ1n) is 9.04. The highest BCUT2D eigenvalue weighted by atomic mass is 79.9. The molecule has 0 radical (unpaired) electrons. The SMILES string of the molecule is Brc1ccc(COc2ccccc2/C=N/Nc2nc(-c3ccccc3)cs2)cc1. The van der Waals surface area contributed by atoms with Crippen molar-refractivity contribution in [3.05, 3.63) is 99.8 Å². The minimum absolute atomic E-state index is 0.498. The van der Waals surface area contributed by atoms with Gasteiger partial charge in [0, 0.05) is 21.0 Å². The Morgan fingerprint density at radius 1 is 0.966 bits per heavy atom. The summed E-state index contributed by atoms with van der Waals surface area (Å²) in [5, 5.41) is 7.09. The summed E-state index contributed by atoms with van der Waals surface area (Å²) in [6.07, 6.45) is 1.75. The molecule has 1 heterocycles. The highest BCUT2D eigenvalue weighted by molar-refractivity contribution is 9.10. The first kappa shape index (κ1) is 19.4. The van der Waals surface area contributed by atoms with Gasteiger partial charge in [0.2, 0.25) is 5.13 Å². The van der Waals surface area contributed by atoms with E-state index in [1.807, 2.05) is 84.2 Å². The summed E-state index contributed by atoms with van der Waals surface area (Å²) in [6.45, 7) is 0.498. The summed E-state index contributed by atoms with van der Waals surface area (Å²) in [4.78, 5) is 4.58. The zero-order valence-corrected chi connectivity index (χ0v) is 17.9. The topological polar surface area (TPSA) is 46.5 Å². The number of para-hydroxylation sites is 1. The number of anilines is 1. The van der Waals surface area contributed by atoms with E-state index < -0.39 is 0 Å². The average Bonchev–Trinajstić information content (AvgIpc) is 3.24. The standard InChI is InChI=1S/C23H18BrN3OS/c24-20-12-10-17(11-13-20)15-28-22-9-5-4-8-19(22)14-25-27-23-26-21(16-29-23)18-6-2-1-3-7-18/h1-14,16H,15H2,(H,26,27)/b25-14+. The van der Waals surface area contributed by atoms with Gasteiger partial charge >= 0.3 is 0 Å². The van der Waals surface area contributed by atoms with Gasteiger partial charge in [-0.05, 0) is 29.8 Å². The Labute approximate surface area is 182 Å². The van der Waals surface area contributed by atoms with Crippen LogP contribution in [0, 0.1) is 0 Å². The van der Waals surface area contributed by atoms with Crippen LogP contribution < -0.4 is 10.2 Å². The average molecular weight is 464 g/mol. The predicted octanol–water partition coefficient (Wildman–Crippen LogP) is 6.60. The van der Waals surface area contributed by atoms with E-state index in [2.05, 4.69) is 31.4 Å². The first-order chi connectivity index (χ1) is 14.3. The quantitative estimate of drug-likeness (QED) is 0.248. The van der Waals surface area contributed by atoms with Crippen LogP contribution in [0.2, 0.25) is 0 Å². The highest BCUT2D eigenvalue weighted by Gasteiger charge is 2.04. The van der Waals surface area contributed by atoms with E-state index >= 15 is 0 Å². The van der Waals surface area contributed by atoms with Crippen molar-refractivity contribution in [3.63, 3.8) is 0 Å². The van der Waals surface area contributed by atoms with Gasteiger partial charge in [0.15, 0.2) is 0 Å². The largest absolute Gasteiger partial charge is 0.488 e. The van der Waals surface area contributed by atoms with Gasteiger partial charge in [-0.1, -0.05) is 70.5 Å². The summed E-state index contributed by atoms with van der Waals surface area (Å²) in [5.74, 6) is 0.782. The number of rotatable bonds is 7. The molecule has 3 aromatic carbocycles. The molecule has 6 heteroatoms. The zero-order valence-electron chi connectivity index (χ0n) is 15.5. The van der Waals surface area contributed by atoms with Gasteiger partial charge in [-0.2, -0.15) is 5.10 Å². The van der Waals surface area contributed by atoms with Gasteiger partial charge < -0.3 is 4.74 Å². The molecule has 0 saturated carbocycles. The van der Waals surface area contributed by atoms with Crippen LogP contribution in [0.15, 0.2) is 93.8 Å². The Bertz CT molecular complexity index is 1090. The second-order valence-electron chi connectivity index (χ2n) is 6.23. The Morgan fingerprint density at radius 2 is 1.72 bits per heavy atom. The molecule has 4 nitrogen and oxygen atoms in total. The summed E-state index contributed by atoms with van der Waals surface area (Å²) in [5.41, 5.74) is 7.04. The Kier molecular flexibility index (Phi) is 6.34. The number of aromatic nitrogens is 1. The van der Waals surface area contributed by atoms with Crippen LogP contribution in [0.25, 0.3) is 11.3 Å². The summed E-state index contributed by atoms with van der Waals surface area (Å²) in [6, 6.07) is 26.0. The lowest BCUT2D eigenvalue weighted by Gasteiger charge is -2.09. The molecule has 0 bridgehead atoms. The van der Waals surface area contributed by atoms with E-state index in [-0.39, 0.29) is 0 Å². The third kappa shape index (κ3) is 5.31. The first-order valence-corrected chi connectivity index (χ1v) is 10.7. The van der Waals surface area contributed by atoms with Crippen molar-refractivity contribution >= 4 is 38.6 Å². The second kappa shape index (κ2) is 9.49. The van der Waals surface area contributed by atoms with E-state index in [0.29, 0.717) is 6.61 Å². The van der Waals surface area contributed by atoms with Crippen LogP contribution >= 0.6 is 27.3 Å². The maximum absolute atomic E-state index is 5.98. The molecule has 4 aromatic rings. The molecule has 0 aliphatic heterocycles. The molecule has 1 N–H and O–H groups in total. The van der Waals surface area contributed by atoms with Crippen molar-refractivity contribution in [2.24, 2.45) is 5.10 Å². The highest BCUT2D eigenvalue weighted by Crippen LogP contribution is 2.24. The minimum atomic E-state index is 0.498. The fourth-order valence-electron chi connectivity index (χ4n) is 2.68. The molecule has 144 valence electrons. The Balaban J connectivity index is 1.40. The van der Waals surface area contributed by atoms with E-state index in [1.165, 1.54) is 11.3 Å². The number of nitrogens with one attached hydrogen (secondary N) is 1. The number of hydrogen-bond acceptors (Lipinski definition) is 5. The molecular weight excluding hydrogens is 446 g/mol. The van der Waals surface area contributed by atoms with Crippen molar-refractivity contribution < 1.29 is 4.74 Å². The molecule has 0 aliphatic rings. The minimum Gasteiger partial charge on any atom is -0.488 e. The van der Waals surface area contributed by atoms with E-state index in [1.54, 1.807) is 6.21 Å². The third-order valence-electron chi connectivity index (χ3n) is 4.16. The normalized spacial score (nSPS) is 10.9. The van der Waals surface area contributed by atoms with Crippen molar-refractivity contribution in [2.75, 3.05) is 5.43 Å². The molecule has 0 unspecified atom stereocenters. The molecule has 1 aromatic heterocycles. The lowest BCUT2D eigenvalue weighted by molar-refractivity contribution is 0.306. The van der Waals surface area contributed by atoms with Crippen LogP contribution in [0.4, 0.5) is 5.13 Å². The molecular formula is C23H18BrN3OS. The number of nitrogens with zero attached hydrogens (tertiary/aromatic N) is 2. The van der Waals surface area contributed by atoms with Gasteiger partial charge in [-0.3, -0.25) is 5.43 Å². The predicted molar refractivity (Wildman–Crippen MR) is 124 cm³/mol. The lowest BCUT2D eigenvalue weighted by atomic mass is 10.2. The van der Waals surface area contributed by atoms with Gasteiger partial charge in [0.05, 0.1) is 11.9 Å². The van der Waals surface area contributed by atoms with Crippen LogP contribution in [-0.2, 0) is 6.61 Å². The van der Waals surface area contributed by atoms with Crippen LogP contribution in [0.1, 0.15) is 11.1 Å². The monoisotopic (exact) mass is 463 g/mol. The van der Waals surface area contributed by atoms with Gasteiger partial charge in [0.25, 0.3) is 0 Å². The Morgan fingerprint density at radius 3 is 2.55 bits per heavy atom. The lowest BCUT2D eigenvalue weighted by Crippen LogP contribution is -1.99. The van der Waals surface area contributed by atoms with Crippen LogP contribution in [-0.4, -0.2) is 11.2 Å². The molecule has 0 spiro atoms. The molecule has 29 heavy (non-hydrogen) atoms. The number of halogens is 1.